The Morgan fingerprint density at radius 3 is 2.14 bits per heavy atom. The van der Waals surface area contributed by atoms with Gasteiger partial charge < -0.3 is 9.64 Å². The zero-order valence-corrected chi connectivity index (χ0v) is 16.1. The van der Waals surface area contributed by atoms with E-state index in [0.29, 0.717) is 29.8 Å². The molecule has 28 heavy (non-hydrogen) atoms. The number of amides is 1. The van der Waals surface area contributed by atoms with E-state index in [-0.39, 0.29) is 11.7 Å². The van der Waals surface area contributed by atoms with E-state index in [1.165, 1.54) is 0 Å². The third-order valence-electron chi connectivity index (χ3n) is 4.56. The van der Waals surface area contributed by atoms with E-state index in [2.05, 4.69) is 0 Å². The lowest BCUT2D eigenvalue weighted by Gasteiger charge is -2.19. The predicted octanol–water partition coefficient (Wildman–Crippen LogP) is 4.38. The van der Waals surface area contributed by atoms with Crippen LogP contribution in [0.1, 0.15) is 31.8 Å². The first-order chi connectivity index (χ1) is 13.6. The van der Waals surface area contributed by atoms with Crippen LogP contribution in [0.15, 0.2) is 78.9 Å². The largest absolute Gasteiger partial charge is 0.491 e. The molecule has 0 heterocycles. The number of hydrogen-bond donors (Lipinski definition) is 0. The molecule has 0 N–H and O–H groups in total. The summed E-state index contributed by atoms with van der Waals surface area (Å²) in [6.45, 7) is 2.78. The molecule has 0 unspecified atom stereocenters. The average molecular weight is 373 g/mol. The van der Waals surface area contributed by atoms with E-state index in [0.717, 1.165) is 11.3 Å². The zero-order valence-electron chi connectivity index (χ0n) is 16.1. The fourth-order valence-corrected chi connectivity index (χ4v) is 2.93. The summed E-state index contributed by atoms with van der Waals surface area (Å²) < 4.78 is 5.78. The molecule has 0 aliphatic rings. The van der Waals surface area contributed by atoms with Gasteiger partial charge in [0.15, 0.2) is 5.78 Å². The highest BCUT2D eigenvalue weighted by molar-refractivity contribution is 6.15. The summed E-state index contributed by atoms with van der Waals surface area (Å²) in [5, 5.41) is 0. The summed E-state index contributed by atoms with van der Waals surface area (Å²) >= 11 is 0. The number of para-hydroxylation sites is 1. The summed E-state index contributed by atoms with van der Waals surface area (Å²) in [5.74, 6) is 0.449. The van der Waals surface area contributed by atoms with Crippen LogP contribution in [0.3, 0.4) is 0 Å². The van der Waals surface area contributed by atoms with Gasteiger partial charge in [0.1, 0.15) is 12.4 Å². The molecule has 1 amide bonds. The van der Waals surface area contributed by atoms with Gasteiger partial charge in [0, 0.05) is 18.2 Å². The lowest BCUT2D eigenvalue weighted by molar-refractivity contribution is 0.0769. The van der Waals surface area contributed by atoms with Crippen molar-refractivity contribution in [3.8, 4) is 5.75 Å². The molecule has 0 atom stereocenters. The van der Waals surface area contributed by atoms with Crippen molar-refractivity contribution in [3.63, 3.8) is 0 Å². The minimum Gasteiger partial charge on any atom is -0.491 e. The predicted molar refractivity (Wildman–Crippen MR) is 110 cm³/mol. The van der Waals surface area contributed by atoms with Crippen LogP contribution in [-0.2, 0) is 0 Å². The zero-order chi connectivity index (χ0) is 19.9. The lowest BCUT2D eigenvalue weighted by Crippen LogP contribution is -2.32. The van der Waals surface area contributed by atoms with Crippen molar-refractivity contribution in [2.45, 2.75) is 6.92 Å². The summed E-state index contributed by atoms with van der Waals surface area (Å²) in [6, 6.07) is 23.7. The van der Waals surface area contributed by atoms with E-state index < -0.39 is 0 Å². The normalized spacial score (nSPS) is 10.4. The first kappa shape index (κ1) is 19.4. The average Bonchev–Trinajstić information content (AvgIpc) is 2.74. The molecular weight excluding hydrogens is 350 g/mol. The van der Waals surface area contributed by atoms with Crippen LogP contribution in [-0.4, -0.2) is 36.8 Å². The van der Waals surface area contributed by atoms with Crippen LogP contribution in [0.2, 0.25) is 0 Å². The van der Waals surface area contributed by atoms with Crippen molar-refractivity contribution < 1.29 is 14.3 Å². The molecule has 3 rings (SSSR count). The number of nitrogens with zero attached hydrogens (tertiary/aromatic N) is 1. The number of benzene rings is 3. The molecule has 3 aromatic carbocycles. The van der Waals surface area contributed by atoms with Crippen molar-refractivity contribution in [2.24, 2.45) is 0 Å². The highest BCUT2D eigenvalue weighted by Gasteiger charge is 2.20. The van der Waals surface area contributed by atoms with Gasteiger partial charge in [-0.1, -0.05) is 66.7 Å². The van der Waals surface area contributed by atoms with Crippen molar-refractivity contribution in [3.05, 3.63) is 101 Å². The van der Waals surface area contributed by atoms with Gasteiger partial charge in [-0.25, -0.2) is 0 Å². The number of aryl methyl sites for hydroxylation is 1. The van der Waals surface area contributed by atoms with Crippen LogP contribution in [0, 0.1) is 6.92 Å². The molecular formula is C24H23NO3. The van der Waals surface area contributed by atoms with Gasteiger partial charge in [-0.2, -0.15) is 0 Å². The minimum absolute atomic E-state index is 0.158. The molecule has 4 nitrogen and oxygen atoms in total. The summed E-state index contributed by atoms with van der Waals surface area (Å²) in [4.78, 5) is 27.3. The molecule has 0 bridgehead atoms. The SMILES string of the molecule is Cc1ccccc1OCCN(C)C(=O)c1ccccc1C(=O)c1ccccc1. The Kier molecular flexibility index (Phi) is 6.22. The molecule has 0 saturated heterocycles. The maximum atomic E-state index is 12.9. The Morgan fingerprint density at radius 1 is 0.821 bits per heavy atom. The molecule has 3 aromatic rings. The second kappa shape index (κ2) is 9.00. The van der Waals surface area contributed by atoms with Crippen LogP contribution < -0.4 is 4.74 Å². The maximum absolute atomic E-state index is 12.9. The Hall–Kier alpha value is -3.40. The molecule has 142 valence electrons. The molecule has 0 aromatic heterocycles. The number of likely N-dealkylation sites (N-methyl/N-ethyl adjacent to an activating group) is 1. The van der Waals surface area contributed by atoms with E-state index in [1.807, 2.05) is 49.4 Å². The van der Waals surface area contributed by atoms with Gasteiger partial charge in [-0.05, 0) is 24.6 Å². The molecule has 0 radical (unpaired) electrons. The topological polar surface area (TPSA) is 46.6 Å². The maximum Gasteiger partial charge on any atom is 0.254 e. The monoisotopic (exact) mass is 373 g/mol. The summed E-state index contributed by atoms with van der Waals surface area (Å²) in [6.07, 6.45) is 0. The second-order valence-electron chi connectivity index (χ2n) is 6.58. The minimum atomic E-state index is -0.201. The van der Waals surface area contributed by atoms with E-state index in [4.69, 9.17) is 4.74 Å². The number of carbonyl (C=O) groups is 2. The van der Waals surface area contributed by atoms with Crippen LogP contribution in [0.5, 0.6) is 5.75 Å². The van der Waals surface area contributed by atoms with E-state index >= 15 is 0 Å². The van der Waals surface area contributed by atoms with Gasteiger partial charge in [-0.3, -0.25) is 9.59 Å². The van der Waals surface area contributed by atoms with Crippen molar-refractivity contribution in [1.29, 1.82) is 0 Å². The molecule has 0 aliphatic heterocycles. The Balaban J connectivity index is 1.70. The highest BCUT2D eigenvalue weighted by Crippen LogP contribution is 2.18. The molecule has 4 heteroatoms. The third kappa shape index (κ3) is 4.46. The third-order valence-corrected chi connectivity index (χ3v) is 4.56. The van der Waals surface area contributed by atoms with Gasteiger partial charge in [0.05, 0.1) is 12.1 Å². The number of ether oxygens (including phenoxy) is 1. The molecule has 0 aliphatic carbocycles. The van der Waals surface area contributed by atoms with Gasteiger partial charge in [0.25, 0.3) is 5.91 Å². The Labute approximate surface area is 165 Å². The Morgan fingerprint density at radius 2 is 1.43 bits per heavy atom. The number of ketones is 1. The van der Waals surface area contributed by atoms with Crippen molar-refractivity contribution in [2.75, 3.05) is 20.2 Å². The quantitative estimate of drug-likeness (QED) is 0.578. The second-order valence-corrected chi connectivity index (χ2v) is 6.58. The van der Waals surface area contributed by atoms with Crippen LogP contribution in [0.4, 0.5) is 0 Å². The molecule has 0 fully saturated rings. The molecule has 0 saturated carbocycles. The fourth-order valence-electron chi connectivity index (χ4n) is 2.93. The lowest BCUT2D eigenvalue weighted by atomic mass is 9.97. The number of rotatable bonds is 7. The summed E-state index contributed by atoms with van der Waals surface area (Å²) in [7, 11) is 1.72. The Bertz CT molecular complexity index is 966. The van der Waals surface area contributed by atoms with Crippen molar-refractivity contribution in [1.82, 2.24) is 4.90 Å². The van der Waals surface area contributed by atoms with Crippen molar-refractivity contribution >= 4 is 11.7 Å². The van der Waals surface area contributed by atoms with E-state index in [9.17, 15) is 9.59 Å². The first-order valence-electron chi connectivity index (χ1n) is 9.20. The summed E-state index contributed by atoms with van der Waals surface area (Å²) in [5.41, 5.74) is 2.42. The van der Waals surface area contributed by atoms with Gasteiger partial charge in [-0.15, -0.1) is 0 Å². The number of carbonyl (C=O) groups excluding carboxylic acids is 2. The highest BCUT2D eigenvalue weighted by atomic mass is 16.5. The van der Waals surface area contributed by atoms with Gasteiger partial charge >= 0.3 is 0 Å². The molecule has 0 spiro atoms. The van der Waals surface area contributed by atoms with E-state index in [1.54, 1.807) is 48.3 Å². The number of hydrogen-bond acceptors (Lipinski definition) is 3. The van der Waals surface area contributed by atoms with Crippen LogP contribution in [0.25, 0.3) is 0 Å². The van der Waals surface area contributed by atoms with Gasteiger partial charge in [0.2, 0.25) is 0 Å². The van der Waals surface area contributed by atoms with Crippen LogP contribution >= 0.6 is 0 Å². The first-order valence-corrected chi connectivity index (χ1v) is 9.20. The fraction of sp³-hybridized carbons (Fsp3) is 0.167. The smallest absolute Gasteiger partial charge is 0.254 e. The standard InChI is InChI=1S/C24H23NO3/c1-18-10-6-9-15-22(18)28-17-16-25(2)24(27)21-14-8-7-13-20(21)23(26)19-11-4-3-5-12-19/h3-15H,16-17H2,1-2H3.